The molecule has 6 heteroatoms. The fraction of sp³-hybridized carbons (Fsp3) is 0.143. The van der Waals surface area contributed by atoms with E-state index in [0.29, 0.717) is 34.9 Å². The summed E-state index contributed by atoms with van der Waals surface area (Å²) in [6, 6.07) is 17.3. The first kappa shape index (κ1) is 18.3. The molecule has 0 aliphatic carbocycles. The molecule has 1 aromatic heterocycles. The van der Waals surface area contributed by atoms with Crippen molar-refractivity contribution in [2.24, 2.45) is 0 Å². The van der Waals surface area contributed by atoms with E-state index in [2.05, 4.69) is 5.32 Å². The lowest BCUT2D eigenvalue weighted by molar-refractivity contribution is 0.0776. The normalized spacial score (nSPS) is 10.3. The number of nitrogens with one attached hydrogen (secondary N) is 1. The van der Waals surface area contributed by atoms with Crippen molar-refractivity contribution in [3.05, 3.63) is 83.8 Å². The third kappa shape index (κ3) is 4.36. The largest absolute Gasteiger partial charge is 0.497 e. The molecular weight excluding hydrogens is 344 g/mol. The van der Waals surface area contributed by atoms with E-state index in [9.17, 15) is 9.59 Å². The fourth-order valence-electron chi connectivity index (χ4n) is 2.63. The third-order valence-corrected chi connectivity index (χ3v) is 4.08. The Hall–Kier alpha value is -3.54. The standard InChI is InChI=1S/C21H20N2O4/c1-23(14-17-6-5-13-27-17)21(25)18-7-3-4-8-19(18)22-20(24)15-9-11-16(26-2)12-10-15/h3-13H,14H2,1-2H3,(H,22,24). The van der Waals surface area contributed by atoms with Gasteiger partial charge in [0, 0.05) is 12.6 Å². The van der Waals surface area contributed by atoms with Crippen molar-refractivity contribution in [1.82, 2.24) is 4.90 Å². The monoisotopic (exact) mass is 364 g/mol. The van der Waals surface area contributed by atoms with Gasteiger partial charge in [0.15, 0.2) is 0 Å². The Balaban J connectivity index is 1.76. The average molecular weight is 364 g/mol. The topological polar surface area (TPSA) is 71.8 Å². The molecule has 3 rings (SSSR count). The molecule has 0 spiro atoms. The zero-order valence-corrected chi connectivity index (χ0v) is 15.1. The van der Waals surface area contributed by atoms with Gasteiger partial charge in [0.1, 0.15) is 11.5 Å². The molecule has 27 heavy (non-hydrogen) atoms. The molecule has 0 fully saturated rings. The van der Waals surface area contributed by atoms with E-state index in [1.165, 1.54) is 4.90 Å². The number of hydrogen-bond donors (Lipinski definition) is 1. The second-order valence-corrected chi connectivity index (χ2v) is 5.97. The van der Waals surface area contributed by atoms with Gasteiger partial charge in [-0.25, -0.2) is 0 Å². The Morgan fingerprint density at radius 3 is 2.44 bits per heavy atom. The molecule has 0 atom stereocenters. The lowest BCUT2D eigenvalue weighted by Gasteiger charge is -2.18. The van der Waals surface area contributed by atoms with Gasteiger partial charge in [0.2, 0.25) is 0 Å². The van der Waals surface area contributed by atoms with Gasteiger partial charge in [-0.2, -0.15) is 0 Å². The summed E-state index contributed by atoms with van der Waals surface area (Å²) in [7, 11) is 3.25. The Morgan fingerprint density at radius 2 is 1.78 bits per heavy atom. The van der Waals surface area contributed by atoms with Crippen molar-refractivity contribution in [2.45, 2.75) is 6.54 Å². The summed E-state index contributed by atoms with van der Waals surface area (Å²) < 4.78 is 10.4. The lowest BCUT2D eigenvalue weighted by Crippen LogP contribution is -2.27. The van der Waals surface area contributed by atoms with Crippen LogP contribution in [0.3, 0.4) is 0 Å². The van der Waals surface area contributed by atoms with Gasteiger partial charge in [0.05, 0.1) is 31.2 Å². The number of nitrogens with zero attached hydrogens (tertiary/aromatic N) is 1. The maximum Gasteiger partial charge on any atom is 0.256 e. The molecular formula is C21H20N2O4. The molecule has 0 saturated carbocycles. The van der Waals surface area contributed by atoms with Crippen LogP contribution >= 0.6 is 0 Å². The highest BCUT2D eigenvalue weighted by Gasteiger charge is 2.18. The van der Waals surface area contributed by atoms with E-state index in [4.69, 9.17) is 9.15 Å². The SMILES string of the molecule is COc1ccc(C(=O)Nc2ccccc2C(=O)N(C)Cc2ccco2)cc1. The molecule has 0 radical (unpaired) electrons. The fourth-order valence-corrected chi connectivity index (χ4v) is 2.63. The van der Waals surface area contributed by atoms with Crippen molar-refractivity contribution >= 4 is 17.5 Å². The molecule has 2 aromatic carbocycles. The number of furan rings is 1. The van der Waals surface area contributed by atoms with E-state index >= 15 is 0 Å². The maximum atomic E-state index is 12.8. The van der Waals surface area contributed by atoms with Gasteiger partial charge in [-0.15, -0.1) is 0 Å². The second kappa shape index (κ2) is 8.23. The van der Waals surface area contributed by atoms with E-state index in [1.54, 1.807) is 81.1 Å². The first-order chi connectivity index (χ1) is 13.1. The molecule has 3 aromatic rings. The van der Waals surface area contributed by atoms with Crippen LogP contribution in [-0.2, 0) is 6.54 Å². The minimum absolute atomic E-state index is 0.211. The van der Waals surface area contributed by atoms with Gasteiger partial charge in [-0.1, -0.05) is 12.1 Å². The summed E-state index contributed by atoms with van der Waals surface area (Å²) in [5, 5.41) is 2.81. The lowest BCUT2D eigenvalue weighted by atomic mass is 10.1. The molecule has 0 aliphatic heterocycles. The Morgan fingerprint density at radius 1 is 1.04 bits per heavy atom. The Bertz CT molecular complexity index is 918. The minimum Gasteiger partial charge on any atom is -0.497 e. The molecule has 0 bridgehead atoms. The van der Waals surface area contributed by atoms with Gasteiger partial charge in [-0.3, -0.25) is 9.59 Å². The number of para-hydroxylation sites is 1. The molecule has 1 N–H and O–H groups in total. The van der Waals surface area contributed by atoms with Crippen LogP contribution in [0.2, 0.25) is 0 Å². The maximum absolute atomic E-state index is 12.8. The summed E-state index contributed by atoms with van der Waals surface area (Å²) in [5.41, 5.74) is 1.34. The second-order valence-electron chi connectivity index (χ2n) is 5.97. The highest BCUT2D eigenvalue weighted by molar-refractivity contribution is 6.09. The number of methoxy groups -OCH3 is 1. The number of carbonyl (C=O) groups is 2. The number of rotatable bonds is 6. The summed E-state index contributed by atoms with van der Waals surface area (Å²) in [6.45, 7) is 0.340. The quantitative estimate of drug-likeness (QED) is 0.722. The number of ether oxygens (including phenoxy) is 1. The predicted octanol–water partition coefficient (Wildman–Crippen LogP) is 3.81. The zero-order chi connectivity index (χ0) is 19.2. The zero-order valence-electron chi connectivity index (χ0n) is 15.1. The van der Waals surface area contributed by atoms with Crippen LogP contribution in [0.15, 0.2) is 71.3 Å². The van der Waals surface area contributed by atoms with Crippen molar-refractivity contribution in [3.8, 4) is 5.75 Å². The molecule has 0 aliphatic rings. The highest BCUT2D eigenvalue weighted by atomic mass is 16.5. The van der Waals surface area contributed by atoms with E-state index < -0.39 is 0 Å². The van der Waals surface area contributed by atoms with Crippen LogP contribution in [0.25, 0.3) is 0 Å². The van der Waals surface area contributed by atoms with Gasteiger partial charge in [-0.05, 0) is 48.5 Å². The summed E-state index contributed by atoms with van der Waals surface area (Å²) in [4.78, 5) is 26.9. The molecule has 0 unspecified atom stereocenters. The Kier molecular flexibility index (Phi) is 5.56. The van der Waals surface area contributed by atoms with E-state index in [1.807, 2.05) is 0 Å². The van der Waals surface area contributed by atoms with Gasteiger partial charge in [0.25, 0.3) is 11.8 Å². The molecule has 1 heterocycles. The molecule has 0 saturated heterocycles. The number of amides is 2. The van der Waals surface area contributed by atoms with Gasteiger partial charge >= 0.3 is 0 Å². The minimum atomic E-state index is -0.299. The molecule has 6 nitrogen and oxygen atoms in total. The molecule has 2 amide bonds. The van der Waals surface area contributed by atoms with E-state index in [0.717, 1.165) is 0 Å². The first-order valence-electron chi connectivity index (χ1n) is 8.41. The van der Waals surface area contributed by atoms with Crippen LogP contribution in [0, 0.1) is 0 Å². The van der Waals surface area contributed by atoms with Crippen LogP contribution in [0.4, 0.5) is 5.69 Å². The van der Waals surface area contributed by atoms with Crippen LogP contribution in [-0.4, -0.2) is 30.9 Å². The van der Waals surface area contributed by atoms with Crippen LogP contribution in [0.5, 0.6) is 5.75 Å². The number of carbonyl (C=O) groups excluding carboxylic acids is 2. The number of anilines is 1. The summed E-state index contributed by atoms with van der Waals surface area (Å²) >= 11 is 0. The highest BCUT2D eigenvalue weighted by Crippen LogP contribution is 2.20. The van der Waals surface area contributed by atoms with E-state index in [-0.39, 0.29) is 11.8 Å². The van der Waals surface area contributed by atoms with Crippen LogP contribution in [0.1, 0.15) is 26.5 Å². The van der Waals surface area contributed by atoms with Gasteiger partial charge < -0.3 is 19.4 Å². The Labute approximate surface area is 157 Å². The van der Waals surface area contributed by atoms with Crippen molar-refractivity contribution in [3.63, 3.8) is 0 Å². The first-order valence-corrected chi connectivity index (χ1v) is 8.41. The summed E-state index contributed by atoms with van der Waals surface area (Å²) in [6.07, 6.45) is 1.57. The number of benzene rings is 2. The molecule has 138 valence electrons. The third-order valence-electron chi connectivity index (χ3n) is 4.08. The average Bonchev–Trinajstić information content (AvgIpc) is 3.21. The summed E-state index contributed by atoms with van der Waals surface area (Å²) in [5.74, 6) is 0.843. The number of hydrogen-bond acceptors (Lipinski definition) is 4. The van der Waals surface area contributed by atoms with Crippen molar-refractivity contribution in [1.29, 1.82) is 0 Å². The smallest absolute Gasteiger partial charge is 0.256 e. The van der Waals surface area contributed by atoms with Crippen LogP contribution < -0.4 is 10.1 Å². The van der Waals surface area contributed by atoms with Crippen molar-refractivity contribution in [2.75, 3.05) is 19.5 Å². The predicted molar refractivity (Wildman–Crippen MR) is 102 cm³/mol. The van der Waals surface area contributed by atoms with Crippen molar-refractivity contribution < 1.29 is 18.7 Å².